The third kappa shape index (κ3) is 64.6. The quantitative estimate of drug-likeness (QED) is 0.0522. The third-order valence-corrected chi connectivity index (χ3v) is 26.6. The molecule has 2 radical (unpaired) electrons. The minimum absolute atomic E-state index is 0. The normalized spacial score (nSPS) is 28.3. The van der Waals surface area contributed by atoms with Gasteiger partial charge >= 0.3 is 14.4 Å². The molecule has 22 nitrogen and oxygen atoms in total. The van der Waals surface area contributed by atoms with Gasteiger partial charge in [-0.15, -0.1) is 0 Å². The van der Waals surface area contributed by atoms with E-state index in [1.165, 1.54) is 281 Å². The van der Waals surface area contributed by atoms with Crippen molar-refractivity contribution < 1.29 is 119 Å². The predicted octanol–water partition coefficient (Wildman–Crippen LogP) is 28.3. The second-order valence-electron chi connectivity index (χ2n) is 36.8. The Balaban J connectivity index is -0.00000142. The minimum atomic E-state index is -0.455. The number of rotatable bonds is 30. The molecule has 12 bridgehead atoms. The molecule has 16 fully saturated rings. The average molecular weight is 1960 g/mol. The summed E-state index contributed by atoms with van der Waals surface area (Å²) in [6, 6.07) is 0. The van der Waals surface area contributed by atoms with Gasteiger partial charge in [0.1, 0.15) is 24.9 Å². The molecule has 16 rings (SSSR count). The predicted molar refractivity (Wildman–Crippen MR) is 554 cm³/mol. The van der Waals surface area contributed by atoms with Crippen LogP contribution in [-0.2, 0) is 118 Å². The van der Waals surface area contributed by atoms with E-state index in [0.29, 0.717) is 85.7 Å². The summed E-state index contributed by atoms with van der Waals surface area (Å²) in [4.78, 5) is 0. The molecule has 7 saturated heterocycles. The summed E-state index contributed by atoms with van der Waals surface area (Å²) in [7, 11) is 15.3. The SMILES string of the molecule is C1CC2CCC1O2.C1CC2CCCC(C1)O2.C1CCC2CCC(C1)O2.C=C(C)OCC1CC2CCC1C2.C=C(C)OCC1CCCCC1.C=C(C)OCC1COC(C)(C)O1.C=COC.C=COC.C=COC.C=COC.C=COC.C=COC.C=COC1CC2CCC1C2OC=C.C=COCC.C=COCC.C=COCC1CC2C3CC(COC=C)C(C3)C2C1.COC1CCCCC1.[2H]N=[B].[V]. The summed E-state index contributed by atoms with van der Waals surface area (Å²) in [5.74, 6) is 12.2. The van der Waals surface area contributed by atoms with E-state index in [-0.39, 0.29) is 24.7 Å². The maximum absolute atomic E-state index is 5.72. The Bertz CT molecular complexity index is 2900. The molecule has 7 heterocycles. The third-order valence-electron chi connectivity index (χ3n) is 26.6. The number of fused-ring (bicyclic) bond motifs is 15. The Morgan fingerprint density at radius 3 is 1.13 bits per heavy atom. The van der Waals surface area contributed by atoms with E-state index in [4.69, 9.17) is 63.0 Å². The average Bonchev–Trinajstić information content (AvgIpc) is 1.59. The van der Waals surface area contributed by atoms with Crippen molar-refractivity contribution in [1.82, 2.24) is 0 Å². The van der Waals surface area contributed by atoms with Crippen molar-refractivity contribution in [3.05, 3.63) is 191 Å². The molecule has 9 saturated carbocycles. The molecule has 7 aliphatic heterocycles. The molecule has 16 atom stereocenters. The Morgan fingerprint density at radius 2 is 0.765 bits per heavy atom. The van der Waals surface area contributed by atoms with E-state index >= 15 is 0 Å². The summed E-state index contributed by atoms with van der Waals surface area (Å²) in [6.07, 6.45) is 73.0. The molecule has 16 unspecified atom stereocenters. The van der Waals surface area contributed by atoms with Crippen LogP contribution in [0.5, 0.6) is 0 Å². The van der Waals surface area contributed by atoms with Crippen LogP contribution >= 0.6 is 0 Å². The maximum atomic E-state index is 5.72. The Kier molecular flexibility index (Phi) is 86.6. The van der Waals surface area contributed by atoms with Crippen molar-refractivity contribution in [3.8, 4) is 0 Å². The molecule has 0 aromatic carbocycles. The van der Waals surface area contributed by atoms with E-state index in [1.54, 1.807) is 67.7 Å². The van der Waals surface area contributed by atoms with Gasteiger partial charge in [-0.3, -0.25) is 0 Å². The molecular weight excluding hydrogens is 1760 g/mol. The van der Waals surface area contributed by atoms with Crippen molar-refractivity contribution in [2.24, 2.45) is 71.0 Å². The molecule has 136 heavy (non-hydrogen) atoms. The Labute approximate surface area is 845 Å². The second-order valence-corrected chi connectivity index (χ2v) is 36.8. The number of methoxy groups -OCH3 is 7. The number of allylic oxidation sites excluding steroid dienone is 3. The van der Waals surface area contributed by atoms with Crippen LogP contribution in [0.3, 0.4) is 0 Å². The van der Waals surface area contributed by atoms with E-state index < -0.39 is 5.79 Å². The number of hydrogen-bond donors (Lipinski definition) is 1. The molecule has 0 aromatic rings. The summed E-state index contributed by atoms with van der Waals surface area (Å²) in [5, 5.41) is 2.25. The summed E-state index contributed by atoms with van der Waals surface area (Å²) >= 11 is 0. The van der Waals surface area contributed by atoms with Gasteiger partial charge < -0.3 is 99.5 Å². The van der Waals surface area contributed by atoms with Crippen molar-refractivity contribution in [2.75, 3.05) is 103 Å². The zero-order valence-electron chi connectivity index (χ0n) is 89.1. The largest absolute Gasteiger partial charge is 0 e. The second kappa shape index (κ2) is 89.6. The molecule has 0 aromatic heterocycles. The monoisotopic (exact) mass is 1960 g/mol. The van der Waals surface area contributed by atoms with Gasteiger partial charge in [0.25, 0.3) is 0 Å². The summed E-state index contributed by atoms with van der Waals surface area (Å²) in [6.45, 7) is 71.3. The molecule has 0 spiro atoms. The molecule has 784 valence electrons. The first-order chi connectivity index (χ1) is 65.7. The van der Waals surface area contributed by atoms with Gasteiger partial charge in [0.2, 0.25) is 0 Å². The number of nitrogens with one attached hydrogen (secondary N) is 1. The van der Waals surface area contributed by atoms with Gasteiger partial charge in [0, 0.05) is 31.6 Å². The molecule has 9 aliphatic carbocycles. The first-order valence-corrected chi connectivity index (χ1v) is 50.5. The van der Waals surface area contributed by atoms with Crippen LogP contribution in [-0.4, -0.2) is 177 Å². The van der Waals surface area contributed by atoms with Gasteiger partial charge in [0.05, 0.1) is 224 Å². The first kappa shape index (κ1) is 131. The first-order valence-electron chi connectivity index (χ1n) is 50.9. The van der Waals surface area contributed by atoms with Crippen LogP contribution in [0.2, 0.25) is 1.41 Å². The summed E-state index contributed by atoms with van der Waals surface area (Å²) < 4.78 is 112. The van der Waals surface area contributed by atoms with E-state index in [0.717, 1.165) is 117 Å². The molecule has 24 heteroatoms. The van der Waals surface area contributed by atoms with Crippen LogP contribution in [0.25, 0.3) is 0 Å². The standard InChI is InChI=1S/C16H24O2.C11H16O2.C11H18O.C10H18O.C9H16O3.2C8H14O.C7H14O.C6H10O.2C4H8O.6C3H6O.BHN.V/c1-3-17-9-11-5-14-12-7-13(10-18-4-2)15(8-12)16(14)6-11;1-3-12-10-7-8-5-6-9(10)11(8)13-4-2;1-8(2)12-7-11-6-9-3-4-10(11)5-9;1-9(2)11-8-10-6-4-3-5-7-10;1-7(2)10-5-8-6-11-9(3,4)12-8;1-3-7-5-2-6-8(4-1)9-7;1-2-4-8-6-5-7(3-1)9-8;1-8-7-5-3-2-4-6-7;1-2-6-4-3-5(1)7-6;2*1-3-5-4-2;6*1-3-4-2;1-2;/h3-4,11-16H,1-2,5-10H2;3-4,8-11H,1-2,5-7H2;9-11H,1,3-7H2,2H3;10H,1,3-8H2,2H3;8H,1,5-6H2,2-4H3;2*7-8H,1-6H2;7H,2-6H2,1H3;5-6H,1-4H2;2*3H,1,4H2,2H3;6*3H,1H2,2H3;2H;/i;;;;;;;;;;;;;;;;;2D;. The fourth-order valence-corrected chi connectivity index (χ4v) is 20.4. The van der Waals surface area contributed by atoms with Crippen molar-refractivity contribution in [2.45, 2.75) is 353 Å². The van der Waals surface area contributed by atoms with Gasteiger partial charge in [-0.05, 0) is 293 Å². The van der Waals surface area contributed by atoms with E-state index in [9.17, 15) is 0 Å². The van der Waals surface area contributed by atoms with Gasteiger partial charge in [-0.2, -0.15) is 0 Å². The minimum Gasteiger partial charge on any atom is 0 e. The van der Waals surface area contributed by atoms with Crippen molar-refractivity contribution in [3.63, 3.8) is 0 Å². The molecule has 0 amide bonds. The van der Waals surface area contributed by atoms with Gasteiger partial charge in [0.15, 0.2) is 5.79 Å². The fourth-order valence-electron chi connectivity index (χ4n) is 20.4. The van der Waals surface area contributed by atoms with Crippen LogP contribution in [0, 0.1) is 76.3 Å². The van der Waals surface area contributed by atoms with E-state index in [2.05, 4.69) is 150 Å². The number of hydrogen-bond acceptors (Lipinski definition) is 22. The topological polar surface area (TPSA) is 218 Å². The van der Waals surface area contributed by atoms with Crippen molar-refractivity contribution >= 4 is 7.64 Å². The van der Waals surface area contributed by atoms with Crippen molar-refractivity contribution in [1.29, 1.82) is 5.31 Å². The fraction of sp³-hybridized carbons (Fsp3) is 0.732. The maximum Gasteiger partial charge on any atom is 0 e. The van der Waals surface area contributed by atoms with Crippen LogP contribution in [0.1, 0.15) is 286 Å². The zero-order chi connectivity index (χ0) is 102. The Hall–Kier alpha value is -6.69. The van der Waals surface area contributed by atoms with E-state index in [1.807, 2.05) is 55.6 Å². The molecule has 16 aliphatic rings. The van der Waals surface area contributed by atoms with Crippen LogP contribution in [0.15, 0.2) is 191 Å². The summed E-state index contributed by atoms with van der Waals surface area (Å²) in [5.41, 5.74) is 0. The van der Waals surface area contributed by atoms with Gasteiger partial charge in [-0.25, -0.2) is 0 Å². The zero-order valence-corrected chi connectivity index (χ0v) is 89.5. The van der Waals surface area contributed by atoms with Crippen LogP contribution in [0.4, 0.5) is 0 Å². The number of ether oxygens (including phenoxy) is 21. The molecule has 1 N–H and O–H groups in total. The van der Waals surface area contributed by atoms with Crippen LogP contribution < -0.4 is 0 Å². The molecular formula is C112H197BNO21V. The smallest absolute Gasteiger partial charge is 0 e. The Morgan fingerprint density at radius 1 is 0.368 bits per heavy atom. The van der Waals surface area contributed by atoms with Gasteiger partial charge in [-0.1, -0.05) is 156 Å².